The Bertz CT molecular complexity index is 1240. The third-order valence-electron chi connectivity index (χ3n) is 4.37. The predicted molar refractivity (Wildman–Crippen MR) is 130 cm³/mol. The van der Waals surface area contributed by atoms with Crippen LogP contribution in [0.1, 0.15) is 15.9 Å². The summed E-state index contributed by atoms with van der Waals surface area (Å²) in [6.07, 6.45) is 1.49. The van der Waals surface area contributed by atoms with Gasteiger partial charge >= 0.3 is 0 Å². The second kappa shape index (κ2) is 10.0. The number of rotatable bonds is 7. The molecule has 2 N–H and O–H groups in total. The standard InChI is InChI=1S/C22H20Cl2N4O3S/c1-28(2)19-10-3-15(4-11-19)14-25-26-22(29)16-5-12-20(24)21(13-16)32(30,31)27-18-8-6-17(23)7-9-18/h3-14,27H,1-2H3,(H,26,29)/b25-14+. The number of hydrogen-bond donors (Lipinski definition) is 2. The lowest BCUT2D eigenvalue weighted by Gasteiger charge is -2.11. The molecule has 0 aliphatic carbocycles. The Morgan fingerprint density at radius 2 is 1.62 bits per heavy atom. The molecule has 0 aliphatic rings. The smallest absolute Gasteiger partial charge is 0.271 e. The monoisotopic (exact) mass is 490 g/mol. The van der Waals surface area contributed by atoms with Gasteiger partial charge in [-0.25, -0.2) is 13.8 Å². The van der Waals surface area contributed by atoms with Crippen LogP contribution in [0.3, 0.4) is 0 Å². The number of nitrogens with one attached hydrogen (secondary N) is 2. The summed E-state index contributed by atoms with van der Waals surface area (Å²) >= 11 is 11.9. The van der Waals surface area contributed by atoms with E-state index >= 15 is 0 Å². The van der Waals surface area contributed by atoms with Gasteiger partial charge in [0, 0.05) is 36.1 Å². The molecule has 0 fully saturated rings. The van der Waals surface area contributed by atoms with Gasteiger partial charge in [-0.3, -0.25) is 9.52 Å². The fourth-order valence-electron chi connectivity index (χ4n) is 2.67. The first-order chi connectivity index (χ1) is 15.2. The van der Waals surface area contributed by atoms with Gasteiger partial charge in [-0.1, -0.05) is 35.3 Å². The number of hydrogen-bond acceptors (Lipinski definition) is 5. The molecule has 3 aromatic carbocycles. The molecule has 0 radical (unpaired) electrons. The Hall–Kier alpha value is -3.07. The van der Waals surface area contributed by atoms with Crippen molar-refractivity contribution in [3.63, 3.8) is 0 Å². The molecule has 0 heterocycles. The first-order valence-electron chi connectivity index (χ1n) is 9.34. The van der Waals surface area contributed by atoms with Gasteiger partial charge in [-0.05, 0) is 60.2 Å². The summed E-state index contributed by atoms with van der Waals surface area (Å²) in [7, 11) is -0.156. The van der Waals surface area contributed by atoms with Crippen LogP contribution in [0.5, 0.6) is 0 Å². The Labute approximate surface area is 196 Å². The molecule has 0 atom stereocenters. The summed E-state index contributed by atoms with van der Waals surface area (Å²) in [6.45, 7) is 0. The van der Waals surface area contributed by atoms with Gasteiger partial charge in [0.05, 0.1) is 11.2 Å². The van der Waals surface area contributed by atoms with Crippen molar-refractivity contribution in [2.45, 2.75) is 4.90 Å². The van der Waals surface area contributed by atoms with Crippen molar-refractivity contribution in [1.82, 2.24) is 5.43 Å². The van der Waals surface area contributed by atoms with Gasteiger partial charge in [-0.2, -0.15) is 5.10 Å². The Morgan fingerprint density at radius 1 is 0.969 bits per heavy atom. The van der Waals surface area contributed by atoms with Gasteiger partial charge in [0.15, 0.2) is 0 Å². The number of hydrazone groups is 1. The number of halogens is 2. The molecule has 32 heavy (non-hydrogen) atoms. The third kappa shape index (κ3) is 6.00. The third-order valence-corrected chi connectivity index (χ3v) is 6.48. The first kappa shape index (κ1) is 23.6. The zero-order valence-corrected chi connectivity index (χ0v) is 19.5. The van der Waals surface area contributed by atoms with Crippen LogP contribution >= 0.6 is 23.2 Å². The number of anilines is 2. The van der Waals surface area contributed by atoms with Crippen molar-refractivity contribution < 1.29 is 13.2 Å². The van der Waals surface area contributed by atoms with Crippen LogP contribution in [0.4, 0.5) is 11.4 Å². The van der Waals surface area contributed by atoms with Gasteiger partial charge < -0.3 is 4.90 Å². The van der Waals surface area contributed by atoms with E-state index in [1.54, 1.807) is 12.1 Å². The summed E-state index contributed by atoms with van der Waals surface area (Å²) in [4.78, 5) is 14.2. The summed E-state index contributed by atoms with van der Waals surface area (Å²) < 4.78 is 27.9. The molecule has 0 aromatic heterocycles. The second-order valence-corrected chi connectivity index (χ2v) is 9.44. The molecule has 10 heteroatoms. The molecule has 0 bridgehead atoms. The molecular formula is C22H20Cl2N4O3S. The van der Waals surface area contributed by atoms with Crippen molar-refractivity contribution >= 4 is 56.7 Å². The van der Waals surface area contributed by atoms with Crippen molar-refractivity contribution in [2.24, 2.45) is 5.10 Å². The average molecular weight is 491 g/mol. The summed E-state index contributed by atoms with van der Waals surface area (Å²) in [5.74, 6) is -0.578. The van der Waals surface area contributed by atoms with Gasteiger partial charge in [0.2, 0.25) is 0 Å². The lowest BCUT2D eigenvalue weighted by atomic mass is 10.2. The Morgan fingerprint density at radius 3 is 2.25 bits per heavy atom. The molecule has 1 amide bonds. The van der Waals surface area contributed by atoms with Crippen LogP contribution in [0, 0.1) is 0 Å². The average Bonchev–Trinajstić information content (AvgIpc) is 2.75. The fourth-order valence-corrected chi connectivity index (χ4v) is 4.38. The van der Waals surface area contributed by atoms with Crippen molar-refractivity contribution in [3.8, 4) is 0 Å². The van der Waals surface area contributed by atoms with Crippen LogP contribution in [-0.4, -0.2) is 34.6 Å². The predicted octanol–water partition coefficient (Wildman–Crippen LogP) is 4.62. The minimum absolute atomic E-state index is 0.0208. The molecule has 0 saturated heterocycles. The highest BCUT2D eigenvalue weighted by Crippen LogP contribution is 2.25. The minimum Gasteiger partial charge on any atom is -0.378 e. The highest BCUT2D eigenvalue weighted by atomic mass is 35.5. The van der Waals surface area contributed by atoms with E-state index in [4.69, 9.17) is 23.2 Å². The largest absolute Gasteiger partial charge is 0.378 e. The maximum Gasteiger partial charge on any atom is 0.271 e. The quantitative estimate of drug-likeness (QED) is 0.373. The molecule has 0 saturated carbocycles. The maximum atomic E-state index is 12.8. The SMILES string of the molecule is CN(C)c1ccc(/C=N/NC(=O)c2ccc(Cl)c(S(=O)(=O)Nc3ccc(Cl)cc3)c2)cc1. The first-order valence-corrected chi connectivity index (χ1v) is 11.6. The molecule has 166 valence electrons. The maximum absolute atomic E-state index is 12.8. The zero-order chi connectivity index (χ0) is 23.3. The lowest BCUT2D eigenvalue weighted by Crippen LogP contribution is -2.19. The Kier molecular flexibility index (Phi) is 7.40. The van der Waals surface area contributed by atoms with Crippen LogP contribution in [0.25, 0.3) is 0 Å². The van der Waals surface area contributed by atoms with Crippen LogP contribution in [0.15, 0.2) is 76.7 Å². The van der Waals surface area contributed by atoms with Crippen molar-refractivity contribution in [3.05, 3.63) is 87.9 Å². The van der Waals surface area contributed by atoms with E-state index in [0.29, 0.717) is 10.7 Å². The fraction of sp³-hybridized carbons (Fsp3) is 0.0909. The Balaban J connectivity index is 1.73. The van der Waals surface area contributed by atoms with Crippen LogP contribution < -0.4 is 15.0 Å². The van der Waals surface area contributed by atoms with E-state index < -0.39 is 15.9 Å². The number of amides is 1. The highest BCUT2D eigenvalue weighted by molar-refractivity contribution is 7.92. The van der Waals surface area contributed by atoms with E-state index in [0.717, 1.165) is 11.3 Å². The van der Waals surface area contributed by atoms with Crippen LogP contribution in [-0.2, 0) is 10.0 Å². The van der Waals surface area contributed by atoms with Gasteiger partial charge in [-0.15, -0.1) is 0 Å². The summed E-state index contributed by atoms with van der Waals surface area (Å²) in [5.41, 5.74) is 4.61. The molecular weight excluding hydrogens is 471 g/mol. The summed E-state index contributed by atoms with van der Waals surface area (Å²) in [5, 5.41) is 4.38. The van der Waals surface area contributed by atoms with Crippen molar-refractivity contribution in [1.29, 1.82) is 0 Å². The highest BCUT2D eigenvalue weighted by Gasteiger charge is 2.20. The second-order valence-electron chi connectivity index (χ2n) is 6.94. The van der Waals surface area contributed by atoms with E-state index in [2.05, 4.69) is 15.2 Å². The van der Waals surface area contributed by atoms with E-state index in [1.807, 2.05) is 43.3 Å². The molecule has 0 spiro atoms. The molecule has 3 aromatic rings. The normalized spacial score (nSPS) is 11.4. The van der Waals surface area contributed by atoms with E-state index in [-0.39, 0.29) is 15.5 Å². The molecule has 3 rings (SSSR count). The number of benzene rings is 3. The lowest BCUT2D eigenvalue weighted by molar-refractivity contribution is 0.0955. The number of nitrogens with zero attached hydrogens (tertiary/aromatic N) is 2. The van der Waals surface area contributed by atoms with Crippen LogP contribution in [0.2, 0.25) is 10.0 Å². The van der Waals surface area contributed by atoms with Gasteiger partial charge in [0.25, 0.3) is 15.9 Å². The molecule has 7 nitrogen and oxygen atoms in total. The van der Waals surface area contributed by atoms with E-state index in [9.17, 15) is 13.2 Å². The number of sulfonamides is 1. The molecule has 0 aliphatic heterocycles. The minimum atomic E-state index is -4.03. The summed E-state index contributed by atoms with van der Waals surface area (Å²) in [6, 6.07) is 17.7. The van der Waals surface area contributed by atoms with Gasteiger partial charge in [0.1, 0.15) is 4.90 Å². The zero-order valence-electron chi connectivity index (χ0n) is 17.2. The number of carbonyl (C=O) groups excluding carboxylic acids is 1. The van der Waals surface area contributed by atoms with Crippen molar-refractivity contribution in [2.75, 3.05) is 23.7 Å². The number of carbonyl (C=O) groups is 1. The molecule has 0 unspecified atom stereocenters. The van der Waals surface area contributed by atoms with E-state index in [1.165, 1.54) is 36.5 Å². The topological polar surface area (TPSA) is 90.9 Å².